The van der Waals surface area contributed by atoms with Gasteiger partial charge in [-0.2, -0.15) is 17.0 Å². The first-order valence-corrected chi connectivity index (χ1v) is 5.93. The number of amides is 1. The molecule has 1 aromatic carbocycles. The zero-order valence-corrected chi connectivity index (χ0v) is 9.65. The van der Waals surface area contributed by atoms with Crippen molar-refractivity contribution < 1.29 is 4.79 Å². The number of hydrogen-bond acceptors (Lipinski definition) is 3. The van der Waals surface area contributed by atoms with Crippen LogP contribution in [0.5, 0.6) is 0 Å². The Kier molecular flexibility index (Phi) is 4.47. The van der Waals surface area contributed by atoms with Gasteiger partial charge >= 0.3 is 0 Å². The molecule has 0 bridgehead atoms. The summed E-state index contributed by atoms with van der Waals surface area (Å²) in [5, 5.41) is 11.9. The number of nitrogens with one attached hydrogen (secondary N) is 1. The van der Waals surface area contributed by atoms with Crippen LogP contribution in [0.15, 0.2) is 18.2 Å². The molecule has 0 atom stereocenters. The second-order valence-corrected chi connectivity index (χ2v) is 4.09. The molecule has 0 aliphatic carbocycles. The fourth-order valence-corrected chi connectivity index (χ4v) is 1.54. The monoisotopic (exact) mass is 240 g/mol. The van der Waals surface area contributed by atoms with Crippen LogP contribution in [0.4, 0.5) is 5.69 Å². The van der Waals surface area contributed by atoms with Gasteiger partial charge < -0.3 is 5.32 Å². The van der Waals surface area contributed by atoms with Crippen LogP contribution < -0.4 is 5.32 Å². The van der Waals surface area contributed by atoms with Crippen molar-refractivity contribution in [2.45, 2.75) is 0 Å². The molecule has 0 aromatic heterocycles. The van der Waals surface area contributed by atoms with Crippen LogP contribution in [0.1, 0.15) is 5.56 Å². The maximum Gasteiger partial charge on any atom is 0.234 e. The van der Waals surface area contributed by atoms with E-state index in [2.05, 4.69) is 5.32 Å². The largest absolute Gasteiger partial charge is 0.324 e. The molecule has 0 aliphatic heterocycles. The van der Waals surface area contributed by atoms with Crippen molar-refractivity contribution in [2.75, 3.05) is 17.3 Å². The maximum absolute atomic E-state index is 11.3. The van der Waals surface area contributed by atoms with Crippen LogP contribution in [0, 0.1) is 11.3 Å². The Hall–Kier alpha value is -1.18. The van der Waals surface area contributed by atoms with Crippen molar-refractivity contribution in [3.05, 3.63) is 28.8 Å². The minimum absolute atomic E-state index is 0.138. The maximum atomic E-state index is 11.3. The third-order valence-corrected chi connectivity index (χ3v) is 2.44. The van der Waals surface area contributed by atoms with Crippen LogP contribution in [-0.4, -0.2) is 17.9 Å². The molecule has 0 saturated carbocycles. The molecule has 0 fully saturated rings. The van der Waals surface area contributed by atoms with Crippen LogP contribution >= 0.6 is 23.4 Å². The Morgan fingerprint density at radius 1 is 1.67 bits per heavy atom. The highest BCUT2D eigenvalue weighted by Gasteiger charge is 2.06. The fourth-order valence-electron chi connectivity index (χ4n) is 1.03. The summed E-state index contributed by atoms with van der Waals surface area (Å²) in [4.78, 5) is 11.3. The Bertz CT molecular complexity index is 414. The van der Waals surface area contributed by atoms with Crippen LogP contribution in [0.2, 0.25) is 5.02 Å². The van der Waals surface area contributed by atoms with Crippen molar-refractivity contribution in [3.63, 3.8) is 0 Å². The second kappa shape index (κ2) is 5.64. The van der Waals surface area contributed by atoms with Crippen molar-refractivity contribution in [3.8, 4) is 6.07 Å². The summed E-state index contributed by atoms with van der Waals surface area (Å²) in [5.74, 6) is 0.221. The van der Waals surface area contributed by atoms with Crippen LogP contribution in [0.3, 0.4) is 0 Å². The molecule has 0 aliphatic rings. The van der Waals surface area contributed by atoms with E-state index in [1.165, 1.54) is 11.8 Å². The molecule has 1 N–H and O–H groups in total. The number of thioether (sulfide) groups is 1. The lowest BCUT2D eigenvalue weighted by atomic mass is 10.2. The molecule has 3 nitrogen and oxygen atoms in total. The summed E-state index contributed by atoms with van der Waals surface area (Å²) in [6.45, 7) is 0. The first-order chi connectivity index (χ1) is 7.17. The third kappa shape index (κ3) is 3.46. The molecule has 0 radical (unpaired) electrons. The smallest absolute Gasteiger partial charge is 0.234 e. The van der Waals surface area contributed by atoms with Gasteiger partial charge in [-0.3, -0.25) is 4.79 Å². The Labute approximate surface area is 97.4 Å². The van der Waals surface area contributed by atoms with E-state index in [1.54, 1.807) is 18.2 Å². The predicted molar refractivity (Wildman–Crippen MR) is 63.2 cm³/mol. The fraction of sp³-hybridized carbons (Fsp3) is 0.200. The van der Waals surface area contributed by atoms with Gasteiger partial charge in [0, 0.05) is 5.02 Å². The van der Waals surface area contributed by atoms with Gasteiger partial charge in [0.15, 0.2) is 0 Å². The van der Waals surface area contributed by atoms with Gasteiger partial charge in [-0.05, 0) is 24.5 Å². The van der Waals surface area contributed by atoms with Gasteiger partial charge in [0.1, 0.15) is 6.07 Å². The molecule has 0 unspecified atom stereocenters. The lowest BCUT2D eigenvalue weighted by Crippen LogP contribution is -2.14. The average molecular weight is 241 g/mol. The summed E-state index contributed by atoms with van der Waals surface area (Å²) in [7, 11) is 0. The SMILES string of the molecule is CSCC(=O)Nc1cc(Cl)ccc1C#N. The molecular weight excluding hydrogens is 232 g/mol. The van der Waals surface area contributed by atoms with Gasteiger partial charge in [-0.15, -0.1) is 0 Å². The Morgan fingerprint density at radius 3 is 3.00 bits per heavy atom. The summed E-state index contributed by atoms with van der Waals surface area (Å²) in [6, 6.07) is 6.75. The standard InChI is InChI=1S/C10H9ClN2OS/c1-15-6-10(14)13-9-4-8(11)3-2-7(9)5-12/h2-4H,6H2,1H3,(H,13,14). The molecule has 5 heteroatoms. The average Bonchev–Trinajstić information content (AvgIpc) is 2.18. The zero-order valence-electron chi connectivity index (χ0n) is 8.08. The molecule has 1 aromatic rings. The van der Waals surface area contributed by atoms with E-state index in [4.69, 9.17) is 16.9 Å². The highest BCUT2D eigenvalue weighted by Crippen LogP contribution is 2.20. The zero-order chi connectivity index (χ0) is 11.3. The van der Waals surface area contributed by atoms with Gasteiger partial charge in [-0.25, -0.2) is 0 Å². The number of rotatable bonds is 3. The lowest BCUT2D eigenvalue weighted by Gasteiger charge is -2.06. The second-order valence-electron chi connectivity index (χ2n) is 2.78. The highest BCUT2D eigenvalue weighted by atomic mass is 35.5. The molecule has 15 heavy (non-hydrogen) atoms. The lowest BCUT2D eigenvalue weighted by molar-refractivity contribution is -0.113. The normalized spacial score (nSPS) is 9.40. The molecule has 1 rings (SSSR count). The van der Waals surface area contributed by atoms with E-state index in [0.717, 1.165) is 0 Å². The summed E-state index contributed by atoms with van der Waals surface area (Å²) >= 11 is 7.19. The predicted octanol–water partition coefficient (Wildman–Crippen LogP) is 2.51. The van der Waals surface area contributed by atoms with Crippen molar-refractivity contribution in [2.24, 2.45) is 0 Å². The number of benzene rings is 1. The molecule has 1 amide bonds. The van der Waals surface area contributed by atoms with Crippen molar-refractivity contribution in [1.82, 2.24) is 0 Å². The molecule has 78 valence electrons. The van der Waals surface area contributed by atoms with E-state index >= 15 is 0 Å². The van der Waals surface area contributed by atoms with E-state index in [-0.39, 0.29) is 5.91 Å². The summed E-state index contributed by atoms with van der Waals surface area (Å²) in [5.41, 5.74) is 0.873. The summed E-state index contributed by atoms with van der Waals surface area (Å²) < 4.78 is 0. The number of hydrogen-bond donors (Lipinski definition) is 1. The Balaban J connectivity index is 2.88. The number of carbonyl (C=O) groups excluding carboxylic acids is 1. The Morgan fingerprint density at radius 2 is 2.40 bits per heavy atom. The molecule has 0 saturated heterocycles. The molecule has 0 heterocycles. The third-order valence-electron chi connectivity index (χ3n) is 1.65. The summed E-state index contributed by atoms with van der Waals surface area (Å²) in [6.07, 6.45) is 1.84. The number of halogens is 1. The van der Waals surface area contributed by atoms with Crippen LogP contribution in [0.25, 0.3) is 0 Å². The topological polar surface area (TPSA) is 52.9 Å². The van der Waals surface area contributed by atoms with Gasteiger partial charge in [0.05, 0.1) is 17.0 Å². The van der Waals surface area contributed by atoms with Crippen LogP contribution in [-0.2, 0) is 4.79 Å². The first-order valence-electron chi connectivity index (χ1n) is 4.16. The number of anilines is 1. The molecular formula is C10H9ClN2OS. The minimum Gasteiger partial charge on any atom is -0.324 e. The highest BCUT2D eigenvalue weighted by molar-refractivity contribution is 7.99. The van der Waals surface area contributed by atoms with E-state index in [9.17, 15) is 4.79 Å². The van der Waals surface area contributed by atoms with E-state index in [0.29, 0.717) is 22.0 Å². The quantitative estimate of drug-likeness (QED) is 0.883. The van der Waals surface area contributed by atoms with E-state index in [1.807, 2.05) is 12.3 Å². The van der Waals surface area contributed by atoms with Crippen molar-refractivity contribution >= 4 is 35.0 Å². The van der Waals surface area contributed by atoms with Gasteiger partial charge in [-0.1, -0.05) is 11.6 Å². The van der Waals surface area contributed by atoms with E-state index < -0.39 is 0 Å². The number of nitriles is 1. The van der Waals surface area contributed by atoms with Gasteiger partial charge in [0.25, 0.3) is 0 Å². The molecule has 0 spiro atoms. The first kappa shape index (κ1) is 11.9. The number of nitrogens with zero attached hydrogens (tertiary/aromatic N) is 1. The number of carbonyl (C=O) groups is 1. The van der Waals surface area contributed by atoms with Crippen molar-refractivity contribution in [1.29, 1.82) is 5.26 Å². The minimum atomic E-state index is -0.138. The van der Waals surface area contributed by atoms with Gasteiger partial charge in [0.2, 0.25) is 5.91 Å².